The number of benzene rings is 1. The normalized spacial score (nSPS) is 11.7. The number of nitrogens with one attached hydrogen (secondary N) is 2. The Labute approximate surface area is 127 Å². The Hall–Kier alpha value is -2.21. The molecule has 1 atom stereocenters. The SMILES string of the molecule is CCC(C)NC(=O)c1ccccc1NC(=O)c1cscn1. The molecule has 2 aromatic rings. The van der Waals surface area contributed by atoms with Crippen molar-refractivity contribution in [3.05, 3.63) is 46.4 Å². The number of hydrogen-bond acceptors (Lipinski definition) is 4. The predicted molar refractivity (Wildman–Crippen MR) is 83.7 cm³/mol. The summed E-state index contributed by atoms with van der Waals surface area (Å²) in [7, 11) is 0. The zero-order chi connectivity index (χ0) is 15.2. The molecule has 0 fully saturated rings. The zero-order valence-electron chi connectivity index (χ0n) is 11.9. The van der Waals surface area contributed by atoms with E-state index in [4.69, 9.17) is 0 Å². The molecule has 110 valence electrons. The summed E-state index contributed by atoms with van der Waals surface area (Å²) in [5.74, 6) is -0.515. The molecule has 0 bridgehead atoms. The fraction of sp³-hybridized carbons (Fsp3) is 0.267. The van der Waals surface area contributed by atoms with Gasteiger partial charge in [0.2, 0.25) is 0 Å². The maximum Gasteiger partial charge on any atom is 0.275 e. The van der Waals surface area contributed by atoms with E-state index in [-0.39, 0.29) is 17.9 Å². The Morgan fingerprint density at radius 1 is 1.29 bits per heavy atom. The number of para-hydroxylation sites is 1. The molecule has 0 saturated carbocycles. The molecule has 0 aliphatic heterocycles. The van der Waals surface area contributed by atoms with Crippen molar-refractivity contribution in [1.29, 1.82) is 0 Å². The lowest BCUT2D eigenvalue weighted by molar-refractivity contribution is 0.0940. The summed E-state index contributed by atoms with van der Waals surface area (Å²) in [6.07, 6.45) is 0.846. The third-order valence-electron chi connectivity index (χ3n) is 3.07. The van der Waals surface area contributed by atoms with Crippen LogP contribution in [0.15, 0.2) is 35.2 Å². The number of rotatable bonds is 5. The van der Waals surface area contributed by atoms with Gasteiger partial charge in [-0.2, -0.15) is 0 Å². The number of carbonyl (C=O) groups is 2. The van der Waals surface area contributed by atoms with Gasteiger partial charge in [-0.05, 0) is 25.5 Å². The molecule has 0 spiro atoms. The molecule has 0 aliphatic rings. The van der Waals surface area contributed by atoms with Gasteiger partial charge < -0.3 is 10.6 Å². The molecule has 1 unspecified atom stereocenters. The average molecular weight is 303 g/mol. The third kappa shape index (κ3) is 3.88. The fourth-order valence-electron chi connectivity index (χ4n) is 1.70. The van der Waals surface area contributed by atoms with Crippen LogP contribution >= 0.6 is 11.3 Å². The van der Waals surface area contributed by atoms with E-state index in [2.05, 4.69) is 15.6 Å². The van der Waals surface area contributed by atoms with Crippen molar-refractivity contribution in [2.75, 3.05) is 5.32 Å². The van der Waals surface area contributed by atoms with Crippen LogP contribution < -0.4 is 10.6 Å². The molecule has 1 aromatic heterocycles. The minimum Gasteiger partial charge on any atom is -0.350 e. The number of aromatic nitrogens is 1. The molecule has 0 aliphatic carbocycles. The lowest BCUT2D eigenvalue weighted by Gasteiger charge is -2.14. The first kappa shape index (κ1) is 15.2. The molecule has 2 rings (SSSR count). The first-order chi connectivity index (χ1) is 10.1. The zero-order valence-corrected chi connectivity index (χ0v) is 12.7. The summed E-state index contributed by atoms with van der Waals surface area (Å²) < 4.78 is 0. The minimum atomic E-state index is -0.319. The molecule has 5 nitrogen and oxygen atoms in total. The summed E-state index contributed by atoms with van der Waals surface area (Å²) in [6.45, 7) is 3.94. The van der Waals surface area contributed by atoms with Crippen LogP contribution in [0, 0.1) is 0 Å². The lowest BCUT2D eigenvalue weighted by atomic mass is 10.1. The van der Waals surface area contributed by atoms with Gasteiger partial charge in [0.25, 0.3) is 11.8 Å². The number of anilines is 1. The van der Waals surface area contributed by atoms with E-state index in [9.17, 15) is 9.59 Å². The fourth-order valence-corrected chi connectivity index (χ4v) is 2.24. The van der Waals surface area contributed by atoms with Gasteiger partial charge >= 0.3 is 0 Å². The molecule has 0 saturated heterocycles. The quantitative estimate of drug-likeness (QED) is 0.892. The van der Waals surface area contributed by atoms with E-state index >= 15 is 0 Å². The lowest BCUT2D eigenvalue weighted by Crippen LogP contribution is -2.32. The summed E-state index contributed by atoms with van der Waals surface area (Å²) in [5, 5.41) is 7.28. The Bertz CT molecular complexity index is 626. The largest absolute Gasteiger partial charge is 0.350 e. The van der Waals surface area contributed by atoms with Crippen molar-refractivity contribution in [3.63, 3.8) is 0 Å². The highest BCUT2D eigenvalue weighted by molar-refractivity contribution is 7.07. The predicted octanol–water partition coefficient (Wildman–Crippen LogP) is 2.92. The van der Waals surface area contributed by atoms with Crippen LogP contribution in [0.25, 0.3) is 0 Å². The van der Waals surface area contributed by atoms with Crippen molar-refractivity contribution in [2.45, 2.75) is 26.3 Å². The number of hydrogen-bond donors (Lipinski definition) is 2. The van der Waals surface area contributed by atoms with Crippen molar-refractivity contribution in [2.24, 2.45) is 0 Å². The van der Waals surface area contributed by atoms with Gasteiger partial charge in [-0.3, -0.25) is 9.59 Å². The highest BCUT2D eigenvalue weighted by Crippen LogP contribution is 2.16. The monoisotopic (exact) mass is 303 g/mol. The van der Waals surface area contributed by atoms with Crippen LogP contribution in [-0.4, -0.2) is 22.8 Å². The number of nitrogens with zero attached hydrogens (tertiary/aromatic N) is 1. The first-order valence-corrected chi connectivity index (χ1v) is 7.65. The van der Waals surface area contributed by atoms with Gasteiger partial charge in [-0.1, -0.05) is 19.1 Å². The topological polar surface area (TPSA) is 71.1 Å². The van der Waals surface area contributed by atoms with Crippen LogP contribution in [0.1, 0.15) is 41.1 Å². The molecule has 0 radical (unpaired) electrons. The Morgan fingerprint density at radius 3 is 2.71 bits per heavy atom. The van der Waals surface area contributed by atoms with E-state index in [0.717, 1.165) is 6.42 Å². The summed E-state index contributed by atoms with van der Waals surface area (Å²) in [5.41, 5.74) is 2.87. The number of amides is 2. The van der Waals surface area contributed by atoms with E-state index in [1.807, 2.05) is 13.8 Å². The maximum absolute atomic E-state index is 12.2. The van der Waals surface area contributed by atoms with Gasteiger partial charge in [0.15, 0.2) is 0 Å². The van der Waals surface area contributed by atoms with E-state index in [1.54, 1.807) is 35.2 Å². The Balaban J connectivity index is 2.17. The average Bonchev–Trinajstić information content (AvgIpc) is 3.01. The Kier molecular flexibility index (Phi) is 5.05. The molecule has 21 heavy (non-hydrogen) atoms. The second-order valence-corrected chi connectivity index (χ2v) is 5.37. The second kappa shape index (κ2) is 6.99. The number of carbonyl (C=O) groups excluding carboxylic acids is 2. The van der Waals surface area contributed by atoms with Gasteiger partial charge in [-0.25, -0.2) is 4.98 Å². The van der Waals surface area contributed by atoms with Crippen molar-refractivity contribution in [1.82, 2.24) is 10.3 Å². The molecule has 2 N–H and O–H groups in total. The van der Waals surface area contributed by atoms with Crippen molar-refractivity contribution in [3.8, 4) is 0 Å². The van der Waals surface area contributed by atoms with Crippen LogP contribution in [0.5, 0.6) is 0 Å². The van der Waals surface area contributed by atoms with Gasteiger partial charge in [0.1, 0.15) is 5.69 Å². The second-order valence-electron chi connectivity index (χ2n) is 4.66. The smallest absolute Gasteiger partial charge is 0.275 e. The van der Waals surface area contributed by atoms with Gasteiger partial charge in [-0.15, -0.1) is 11.3 Å². The molecule has 1 aromatic carbocycles. The molecule has 2 amide bonds. The molecule has 6 heteroatoms. The summed E-state index contributed by atoms with van der Waals surface area (Å²) in [6, 6.07) is 7.02. The van der Waals surface area contributed by atoms with E-state index < -0.39 is 0 Å². The molecular weight excluding hydrogens is 286 g/mol. The van der Waals surface area contributed by atoms with Gasteiger partial charge in [0, 0.05) is 11.4 Å². The summed E-state index contributed by atoms with van der Waals surface area (Å²) in [4.78, 5) is 28.2. The van der Waals surface area contributed by atoms with E-state index in [0.29, 0.717) is 16.9 Å². The van der Waals surface area contributed by atoms with Crippen LogP contribution in [0.3, 0.4) is 0 Å². The van der Waals surface area contributed by atoms with Crippen molar-refractivity contribution >= 4 is 28.8 Å². The Morgan fingerprint density at radius 2 is 2.05 bits per heavy atom. The van der Waals surface area contributed by atoms with Crippen molar-refractivity contribution < 1.29 is 9.59 Å². The minimum absolute atomic E-state index is 0.0831. The third-order valence-corrected chi connectivity index (χ3v) is 3.66. The summed E-state index contributed by atoms with van der Waals surface area (Å²) >= 11 is 1.35. The highest BCUT2D eigenvalue weighted by Gasteiger charge is 2.15. The maximum atomic E-state index is 12.2. The highest BCUT2D eigenvalue weighted by atomic mass is 32.1. The van der Waals surface area contributed by atoms with E-state index in [1.165, 1.54) is 11.3 Å². The molecular formula is C15H17N3O2S. The van der Waals surface area contributed by atoms with Gasteiger partial charge in [0.05, 0.1) is 16.8 Å². The van der Waals surface area contributed by atoms with Crippen LogP contribution in [0.4, 0.5) is 5.69 Å². The van der Waals surface area contributed by atoms with Crippen LogP contribution in [-0.2, 0) is 0 Å². The molecule has 1 heterocycles. The standard InChI is InChI=1S/C15H17N3O2S/c1-3-10(2)17-14(19)11-6-4-5-7-12(11)18-15(20)13-8-21-9-16-13/h4-10H,3H2,1-2H3,(H,17,19)(H,18,20). The first-order valence-electron chi connectivity index (χ1n) is 6.71. The number of thiazole rings is 1. The van der Waals surface area contributed by atoms with Crippen LogP contribution in [0.2, 0.25) is 0 Å².